The molecule has 1 N–H and O–H groups in total. The van der Waals surface area contributed by atoms with Gasteiger partial charge in [0.05, 0.1) is 12.7 Å². The highest BCUT2D eigenvalue weighted by molar-refractivity contribution is 5.97. The van der Waals surface area contributed by atoms with Crippen LogP contribution in [0.25, 0.3) is 0 Å². The minimum atomic E-state index is -0.142. The molecule has 3 fully saturated rings. The number of rotatable bonds is 4. The predicted octanol–water partition coefficient (Wildman–Crippen LogP) is 1.19. The Bertz CT molecular complexity index is 655. The van der Waals surface area contributed by atoms with E-state index >= 15 is 0 Å². The molecule has 0 aromatic carbocycles. The SMILES string of the molecule is CC(=O)c1cc(C(=O)N2CC[C@@H]3CN(CC4CC4)CCO[C@@H]3C2)[nH]n1. The molecule has 0 bridgehead atoms. The third-order valence-corrected chi connectivity index (χ3v) is 5.60. The van der Waals surface area contributed by atoms with Crippen molar-refractivity contribution in [2.45, 2.75) is 32.3 Å². The first-order valence-electron chi connectivity index (χ1n) is 9.29. The fraction of sp³-hybridized carbons (Fsp3) is 0.722. The molecular weight excluding hydrogens is 320 g/mol. The van der Waals surface area contributed by atoms with Crippen LogP contribution in [0.4, 0.5) is 0 Å². The molecule has 3 aliphatic rings. The standard InChI is InChI=1S/C18H26N4O3/c1-12(23)15-8-16(20-19-15)18(24)22-5-4-14-10-21(9-13-2-3-13)6-7-25-17(14)11-22/h8,13-14,17H,2-7,9-11H2,1H3,(H,19,20)/t14-,17-/m1/s1. The summed E-state index contributed by atoms with van der Waals surface area (Å²) in [5, 5.41) is 6.60. The lowest BCUT2D eigenvalue weighted by Crippen LogP contribution is -2.49. The number of amides is 1. The number of nitrogens with zero attached hydrogens (tertiary/aromatic N) is 3. The average Bonchev–Trinajstić information content (AvgIpc) is 3.31. The van der Waals surface area contributed by atoms with E-state index in [1.165, 1.54) is 26.3 Å². The number of ketones is 1. The molecule has 0 spiro atoms. The number of Topliss-reactive ketones (excluding diaryl/α,β-unsaturated/α-hetero) is 1. The van der Waals surface area contributed by atoms with Crippen LogP contribution in [0, 0.1) is 11.8 Å². The molecule has 1 aromatic rings. The summed E-state index contributed by atoms with van der Waals surface area (Å²) in [5.74, 6) is 1.16. The lowest BCUT2D eigenvalue weighted by Gasteiger charge is -2.37. The van der Waals surface area contributed by atoms with Crippen LogP contribution in [0.15, 0.2) is 6.07 Å². The maximum atomic E-state index is 12.7. The minimum Gasteiger partial charge on any atom is -0.375 e. The van der Waals surface area contributed by atoms with Gasteiger partial charge in [0.25, 0.3) is 5.91 Å². The van der Waals surface area contributed by atoms with Crippen molar-refractivity contribution < 1.29 is 14.3 Å². The Balaban J connectivity index is 1.38. The number of piperidine rings is 1. The average molecular weight is 346 g/mol. The second kappa shape index (κ2) is 6.88. The quantitative estimate of drug-likeness (QED) is 0.829. The molecule has 2 atom stereocenters. The zero-order chi connectivity index (χ0) is 17.4. The summed E-state index contributed by atoms with van der Waals surface area (Å²) in [6, 6.07) is 1.54. The summed E-state index contributed by atoms with van der Waals surface area (Å²) in [7, 11) is 0. The first-order valence-corrected chi connectivity index (χ1v) is 9.29. The van der Waals surface area contributed by atoms with Gasteiger partial charge in [-0.1, -0.05) is 0 Å². The van der Waals surface area contributed by atoms with Crippen LogP contribution in [0.1, 0.15) is 47.2 Å². The van der Waals surface area contributed by atoms with Gasteiger partial charge in [-0.25, -0.2) is 0 Å². The number of hydrogen-bond donors (Lipinski definition) is 1. The molecule has 4 rings (SSSR count). The van der Waals surface area contributed by atoms with Crippen LogP contribution in [-0.2, 0) is 4.74 Å². The highest BCUT2D eigenvalue weighted by Crippen LogP contribution is 2.32. The van der Waals surface area contributed by atoms with Crippen molar-refractivity contribution in [3.8, 4) is 0 Å². The summed E-state index contributed by atoms with van der Waals surface area (Å²) < 4.78 is 6.08. The summed E-state index contributed by atoms with van der Waals surface area (Å²) in [4.78, 5) is 28.4. The van der Waals surface area contributed by atoms with Crippen molar-refractivity contribution in [3.05, 3.63) is 17.5 Å². The lowest BCUT2D eigenvalue weighted by molar-refractivity contribution is -0.0172. The summed E-state index contributed by atoms with van der Waals surface area (Å²) >= 11 is 0. The molecule has 0 radical (unpaired) electrons. The van der Waals surface area contributed by atoms with Crippen molar-refractivity contribution in [3.63, 3.8) is 0 Å². The maximum absolute atomic E-state index is 12.7. The van der Waals surface area contributed by atoms with E-state index in [2.05, 4.69) is 15.1 Å². The fourth-order valence-corrected chi connectivity index (χ4v) is 3.92. The van der Waals surface area contributed by atoms with Crippen molar-refractivity contribution in [1.82, 2.24) is 20.0 Å². The number of H-pyrrole nitrogens is 1. The van der Waals surface area contributed by atoms with Crippen molar-refractivity contribution in [2.24, 2.45) is 11.8 Å². The van der Waals surface area contributed by atoms with Gasteiger partial charge in [0.2, 0.25) is 0 Å². The Morgan fingerprint density at radius 1 is 1.28 bits per heavy atom. The number of nitrogens with one attached hydrogen (secondary N) is 1. The Hall–Kier alpha value is -1.73. The molecule has 7 nitrogen and oxygen atoms in total. The highest BCUT2D eigenvalue weighted by atomic mass is 16.5. The molecule has 1 aromatic heterocycles. The lowest BCUT2D eigenvalue weighted by atomic mass is 9.93. The van der Waals surface area contributed by atoms with Crippen LogP contribution in [0.2, 0.25) is 0 Å². The number of aromatic nitrogens is 2. The summed E-state index contributed by atoms with van der Waals surface area (Å²) in [6.07, 6.45) is 3.82. The van der Waals surface area contributed by atoms with Gasteiger partial charge in [-0.2, -0.15) is 5.10 Å². The highest BCUT2D eigenvalue weighted by Gasteiger charge is 2.36. The molecule has 2 aliphatic heterocycles. The fourth-order valence-electron chi connectivity index (χ4n) is 3.92. The van der Waals surface area contributed by atoms with Crippen LogP contribution in [0.5, 0.6) is 0 Å². The number of aromatic amines is 1. The van der Waals surface area contributed by atoms with Crippen LogP contribution < -0.4 is 0 Å². The van der Waals surface area contributed by atoms with Crippen LogP contribution in [-0.4, -0.2) is 77.1 Å². The van der Waals surface area contributed by atoms with E-state index in [0.29, 0.717) is 23.9 Å². The van der Waals surface area contributed by atoms with Crippen LogP contribution >= 0.6 is 0 Å². The molecule has 25 heavy (non-hydrogen) atoms. The van der Waals surface area contributed by atoms with E-state index < -0.39 is 0 Å². The largest absolute Gasteiger partial charge is 0.375 e. The van der Waals surface area contributed by atoms with Gasteiger partial charge in [-0.3, -0.25) is 14.7 Å². The monoisotopic (exact) mass is 346 g/mol. The maximum Gasteiger partial charge on any atom is 0.271 e. The van der Waals surface area contributed by atoms with E-state index in [1.807, 2.05) is 4.90 Å². The molecule has 3 heterocycles. The number of likely N-dealkylation sites (tertiary alicyclic amines) is 1. The Morgan fingerprint density at radius 3 is 2.84 bits per heavy atom. The Morgan fingerprint density at radius 2 is 2.12 bits per heavy atom. The number of hydrogen-bond acceptors (Lipinski definition) is 5. The van der Waals surface area contributed by atoms with Gasteiger partial charge in [0.15, 0.2) is 5.78 Å². The summed E-state index contributed by atoms with van der Waals surface area (Å²) in [6.45, 7) is 6.83. The van der Waals surface area contributed by atoms with E-state index in [-0.39, 0.29) is 17.8 Å². The first-order chi connectivity index (χ1) is 12.1. The van der Waals surface area contributed by atoms with Gasteiger partial charge in [-0.15, -0.1) is 0 Å². The van der Waals surface area contributed by atoms with Crippen molar-refractivity contribution in [1.29, 1.82) is 0 Å². The van der Waals surface area contributed by atoms with Crippen LogP contribution in [0.3, 0.4) is 0 Å². The Kier molecular flexibility index (Phi) is 4.60. The molecule has 7 heteroatoms. The third-order valence-electron chi connectivity index (χ3n) is 5.60. The number of fused-ring (bicyclic) bond motifs is 1. The van der Waals surface area contributed by atoms with Gasteiger partial charge in [0.1, 0.15) is 11.4 Å². The molecule has 1 aliphatic carbocycles. The number of carbonyl (C=O) groups excluding carboxylic acids is 2. The zero-order valence-electron chi connectivity index (χ0n) is 14.7. The molecule has 1 amide bonds. The molecule has 2 saturated heterocycles. The first kappa shape index (κ1) is 16.7. The second-order valence-corrected chi connectivity index (χ2v) is 7.64. The van der Waals surface area contributed by atoms with Gasteiger partial charge < -0.3 is 14.5 Å². The van der Waals surface area contributed by atoms with Crippen molar-refractivity contribution in [2.75, 3.05) is 39.3 Å². The van der Waals surface area contributed by atoms with Crippen molar-refractivity contribution >= 4 is 11.7 Å². The van der Waals surface area contributed by atoms with Gasteiger partial charge in [-0.05, 0) is 31.2 Å². The minimum absolute atomic E-state index is 0.0962. The van der Waals surface area contributed by atoms with E-state index in [9.17, 15) is 9.59 Å². The van der Waals surface area contributed by atoms with Gasteiger partial charge in [0, 0.05) is 45.6 Å². The summed E-state index contributed by atoms with van der Waals surface area (Å²) in [5.41, 5.74) is 0.687. The van der Waals surface area contributed by atoms with E-state index in [1.54, 1.807) is 6.07 Å². The predicted molar refractivity (Wildman–Crippen MR) is 91.5 cm³/mol. The zero-order valence-corrected chi connectivity index (χ0v) is 14.7. The normalized spacial score (nSPS) is 27.6. The van der Waals surface area contributed by atoms with E-state index in [0.717, 1.165) is 38.6 Å². The second-order valence-electron chi connectivity index (χ2n) is 7.64. The Labute approximate surface area is 147 Å². The molecule has 136 valence electrons. The number of carbonyl (C=O) groups is 2. The third kappa shape index (κ3) is 3.77. The topological polar surface area (TPSA) is 78.5 Å². The number of ether oxygens (including phenoxy) is 1. The van der Waals surface area contributed by atoms with E-state index in [4.69, 9.17) is 4.74 Å². The molecule has 0 unspecified atom stereocenters. The smallest absolute Gasteiger partial charge is 0.271 e. The van der Waals surface area contributed by atoms with Gasteiger partial charge >= 0.3 is 0 Å². The molecule has 1 saturated carbocycles. The molecular formula is C18H26N4O3.